The first-order chi connectivity index (χ1) is 11.0. The highest BCUT2D eigenvalue weighted by atomic mass is 19.1. The Balaban J connectivity index is 1.69. The maximum Gasteiger partial charge on any atom is 0.275 e. The second-order valence-corrected chi connectivity index (χ2v) is 5.22. The van der Waals surface area contributed by atoms with E-state index in [1.807, 2.05) is 13.1 Å². The van der Waals surface area contributed by atoms with Gasteiger partial charge in [-0.15, -0.1) is 0 Å². The summed E-state index contributed by atoms with van der Waals surface area (Å²) in [5, 5.41) is 5.12. The van der Waals surface area contributed by atoms with Crippen molar-refractivity contribution in [1.82, 2.24) is 5.32 Å². The van der Waals surface area contributed by atoms with Crippen LogP contribution in [0, 0.1) is 5.82 Å². The van der Waals surface area contributed by atoms with E-state index in [1.165, 1.54) is 24.3 Å². The number of halogens is 1. The van der Waals surface area contributed by atoms with Gasteiger partial charge >= 0.3 is 0 Å². The molecule has 2 amide bonds. The van der Waals surface area contributed by atoms with E-state index in [0.29, 0.717) is 12.2 Å². The highest BCUT2D eigenvalue weighted by Crippen LogP contribution is 2.07. The minimum Gasteiger partial charge on any atom is -0.463 e. The second kappa shape index (κ2) is 8.09. The number of anilines is 1. The lowest BCUT2D eigenvalue weighted by molar-refractivity contribution is -0.886. The van der Waals surface area contributed by atoms with Gasteiger partial charge in [0.05, 0.1) is 19.9 Å². The van der Waals surface area contributed by atoms with Crippen molar-refractivity contribution < 1.29 is 23.3 Å². The number of carbonyl (C=O) groups excluding carboxylic acids is 2. The number of likely N-dealkylation sites (N-methyl/N-ethyl adjacent to an activating group) is 1. The van der Waals surface area contributed by atoms with Crippen LogP contribution in [0.1, 0.15) is 5.76 Å². The molecular weight excluding hydrogens is 301 g/mol. The van der Waals surface area contributed by atoms with E-state index >= 15 is 0 Å². The summed E-state index contributed by atoms with van der Waals surface area (Å²) in [6, 6.07) is 9.05. The lowest BCUT2D eigenvalue weighted by Gasteiger charge is -2.12. The van der Waals surface area contributed by atoms with Gasteiger partial charge in [0.25, 0.3) is 5.91 Å². The Morgan fingerprint density at radius 1 is 1.17 bits per heavy atom. The molecule has 3 N–H and O–H groups in total. The van der Waals surface area contributed by atoms with Crippen molar-refractivity contribution in [2.75, 3.05) is 25.5 Å². The van der Waals surface area contributed by atoms with Gasteiger partial charge in [-0.3, -0.25) is 9.59 Å². The SMILES string of the molecule is C[NH+](CC(=O)NCC(=O)Nc1ccc(F)cc1)Cc1ccco1. The minimum absolute atomic E-state index is 0.135. The molecular formula is C16H19FN3O3+. The molecule has 1 aromatic carbocycles. The maximum absolute atomic E-state index is 12.8. The Hall–Kier alpha value is -2.67. The van der Waals surface area contributed by atoms with Gasteiger partial charge in [0, 0.05) is 5.69 Å². The molecule has 0 radical (unpaired) electrons. The van der Waals surface area contributed by atoms with Crippen LogP contribution in [0.4, 0.5) is 10.1 Å². The molecule has 23 heavy (non-hydrogen) atoms. The maximum atomic E-state index is 12.8. The van der Waals surface area contributed by atoms with Gasteiger partial charge in [0.2, 0.25) is 5.91 Å². The first-order valence-corrected chi connectivity index (χ1v) is 7.19. The van der Waals surface area contributed by atoms with E-state index < -0.39 is 0 Å². The second-order valence-electron chi connectivity index (χ2n) is 5.22. The summed E-state index contributed by atoms with van der Waals surface area (Å²) in [7, 11) is 1.86. The molecule has 0 saturated carbocycles. The van der Waals surface area contributed by atoms with Crippen molar-refractivity contribution in [3.05, 3.63) is 54.2 Å². The molecule has 0 aliphatic carbocycles. The molecule has 122 valence electrons. The molecule has 0 aliphatic heterocycles. The number of nitrogens with one attached hydrogen (secondary N) is 3. The third-order valence-electron chi connectivity index (χ3n) is 3.09. The minimum atomic E-state index is -0.376. The largest absolute Gasteiger partial charge is 0.463 e. The lowest BCUT2D eigenvalue weighted by Crippen LogP contribution is -3.08. The van der Waals surface area contributed by atoms with E-state index in [4.69, 9.17) is 4.42 Å². The highest BCUT2D eigenvalue weighted by molar-refractivity contribution is 5.94. The van der Waals surface area contributed by atoms with Crippen LogP contribution in [-0.2, 0) is 16.1 Å². The van der Waals surface area contributed by atoms with Crippen LogP contribution >= 0.6 is 0 Å². The molecule has 7 heteroatoms. The van der Waals surface area contributed by atoms with Crippen LogP contribution in [-0.4, -0.2) is 32.0 Å². The van der Waals surface area contributed by atoms with Crippen molar-refractivity contribution >= 4 is 17.5 Å². The standard InChI is InChI=1S/C16H18FN3O3/c1-20(10-14-3-2-8-23-14)11-16(22)18-9-15(21)19-13-6-4-12(17)5-7-13/h2-8H,9-11H2,1H3,(H,18,22)(H,19,21)/p+1. The highest BCUT2D eigenvalue weighted by Gasteiger charge is 2.13. The average Bonchev–Trinajstić information content (AvgIpc) is 3.00. The van der Waals surface area contributed by atoms with Crippen molar-refractivity contribution in [2.24, 2.45) is 0 Å². The molecule has 2 aromatic rings. The molecule has 6 nitrogen and oxygen atoms in total. The van der Waals surface area contributed by atoms with Gasteiger partial charge in [-0.1, -0.05) is 0 Å². The van der Waals surface area contributed by atoms with Crippen LogP contribution in [0.3, 0.4) is 0 Å². The Kier molecular flexibility index (Phi) is 5.87. The van der Waals surface area contributed by atoms with Crippen molar-refractivity contribution in [3.8, 4) is 0 Å². The molecule has 0 spiro atoms. The number of quaternary nitrogens is 1. The zero-order chi connectivity index (χ0) is 16.7. The Morgan fingerprint density at radius 3 is 2.57 bits per heavy atom. The lowest BCUT2D eigenvalue weighted by atomic mass is 10.3. The van der Waals surface area contributed by atoms with E-state index in [1.54, 1.807) is 12.3 Å². The fourth-order valence-electron chi connectivity index (χ4n) is 2.03. The van der Waals surface area contributed by atoms with Crippen LogP contribution < -0.4 is 15.5 Å². The van der Waals surface area contributed by atoms with Gasteiger partial charge in [-0.2, -0.15) is 0 Å². The molecule has 0 saturated heterocycles. The predicted octanol–water partition coefficient (Wildman–Crippen LogP) is 0.188. The fourth-order valence-corrected chi connectivity index (χ4v) is 2.03. The predicted molar refractivity (Wildman–Crippen MR) is 82.2 cm³/mol. The average molecular weight is 320 g/mol. The molecule has 0 bridgehead atoms. The summed E-state index contributed by atoms with van der Waals surface area (Å²) >= 11 is 0. The van der Waals surface area contributed by atoms with Gasteiger partial charge in [-0.05, 0) is 36.4 Å². The third-order valence-corrected chi connectivity index (χ3v) is 3.09. The third kappa shape index (κ3) is 5.91. The number of hydrogen-bond acceptors (Lipinski definition) is 3. The number of carbonyl (C=O) groups is 2. The molecule has 0 aliphatic rings. The monoisotopic (exact) mass is 320 g/mol. The van der Waals surface area contributed by atoms with Crippen molar-refractivity contribution in [3.63, 3.8) is 0 Å². The Labute approximate surface area is 133 Å². The molecule has 1 atom stereocenters. The number of benzene rings is 1. The number of furan rings is 1. The van der Waals surface area contributed by atoms with E-state index in [2.05, 4.69) is 10.6 Å². The molecule has 0 fully saturated rings. The topological polar surface area (TPSA) is 75.8 Å². The van der Waals surface area contributed by atoms with Crippen LogP contribution in [0.15, 0.2) is 47.1 Å². The zero-order valence-corrected chi connectivity index (χ0v) is 12.8. The van der Waals surface area contributed by atoms with E-state index in [0.717, 1.165) is 10.7 Å². The van der Waals surface area contributed by atoms with E-state index in [-0.39, 0.29) is 30.7 Å². The first-order valence-electron chi connectivity index (χ1n) is 7.19. The number of rotatable bonds is 7. The quantitative estimate of drug-likeness (QED) is 0.682. The van der Waals surface area contributed by atoms with Crippen LogP contribution in [0.2, 0.25) is 0 Å². The smallest absolute Gasteiger partial charge is 0.275 e. The van der Waals surface area contributed by atoms with Gasteiger partial charge in [-0.25, -0.2) is 4.39 Å². The Bertz CT molecular complexity index is 641. The summed E-state index contributed by atoms with van der Waals surface area (Å²) < 4.78 is 18.0. The molecule has 1 aromatic heterocycles. The summed E-state index contributed by atoms with van der Waals surface area (Å²) in [4.78, 5) is 24.4. The van der Waals surface area contributed by atoms with Gasteiger partial charge in [0.1, 0.15) is 12.4 Å². The molecule has 1 heterocycles. The number of hydrogen-bond donors (Lipinski definition) is 3. The van der Waals surface area contributed by atoms with Gasteiger partial charge in [0.15, 0.2) is 12.3 Å². The Morgan fingerprint density at radius 2 is 1.91 bits per heavy atom. The van der Waals surface area contributed by atoms with Crippen molar-refractivity contribution in [2.45, 2.75) is 6.54 Å². The van der Waals surface area contributed by atoms with Gasteiger partial charge < -0.3 is 20.0 Å². The molecule has 2 rings (SSSR count). The summed E-state index contributed by atoms with van der Waals surface area (Å²) in [6.07, 6.45) is 1.59. The van der Waals surface area contributed by atoms with Crippen LogP contribution in [0.5, 0.6) is 0 Å². The number of amides is 2. The summed E-state index contributed by atoms with van der Waals surface area (Å²) in [5.74, 6) is -0.180. The van der Waals surface area contributed by atoms with Crippen molar-refractivity contribution in [1.29, 1.82) is 0 Å². The normalized spacial score (nSPS) is 11.7. The fraction of sp³-hybridized carbons (Fsp3) is 0.250. The van der Waals surface area contributed by atoms with Crippen LogP contribution in [0.25, 0.3) is 0 Å². The van der Waals surface area contributed by atoms with E-state index in [9.17, 15) is 14.0 Å². The summed E-state index contributed by atoms with van der Waals surface area (Å²) in [6.45, 7) is 0.678. The zero-order valence-electron chi connectivity index (χ0n) is 12.8. The first kappa shape index (κ1) is 16.7. The molecule has 1 unspecified atom stereocenters. The summed E-state index contributed by atoms with van der Waals surface area (Å²) in [5.41, 5.74) is 0.478.